The Labute approximate surface area is 334 Å². The summed E-state index contributed by atoms with van der Waals surface area (Å²) in [5.41, 5.74) is 0. The van der Waals surface area contributed by atoms with Gasteiger partial charge in [-0.25, -0.2) is 0 Å². The molecule has 0 aromatic carbocycles. The molecule has 6 heteroatoms. The molecule has 1 unspecified atom stereocenters. The summed E-state index contributed by atoms with van der Waals surface area (Å²) in [6.07, 6.45) is 59.1. The minimum Gasteiger partial charge on any atom is -0.462 e. The highest BCUT2D eigenvalue weighted by atomic mass is 16.6. The van der Waals surface area contributed by atoms with Crippen LogP contribution in [0.4, 0.5) is 0 Å². The standard InChI is InChI=1S/C49H72O6/c1-4-7-10-13-16-19-21-23-24-26-27-30-33-36-39-42-48(51)54-45-46(44-53-47(50)41-38-35-32-29-18-15-12-9-6-3)55-49(52)43-40-37-34-31-28-25-22-20-17-14-11-8-5-2/h7-14,16-22,25,28-29,31,34-35,38,46H,4-6,15,23-24,26-27,30,32-33,36-37,39-45H2,1-3H3/b10-7-,11-8-,12-9-,16-13-,17-14-,21-19-,22-20-,28-25-,29-18-,34-31-,38-35-. The average Bonchev–Trinajstić information content (AvgIpc) is 3.18. The van der Waals surface area contributed by atoms with E-state index in [1.165, 1.54) is 19.3 Å². The van der Waals surface area contributed by atoms with Crippen molar-refractivity contribution < 1.29 is 28.6 Å². The maximum Gasteiger partial charge on any atom is 0.309 e. The monoisotopic (exact) mass is 757 g/mol. The fraction of sp³-hybridized carbons (Fsp3) is 0.490. The number of carbonyl (C=O) groups is 3. The van der Waals surface area contributed by atoms with Gasteiger partial charge in [0.25, 0.3) is 0 Å². The predicted molar refractivity (Wildman–Crippen MR) is 232 cm³/mol. The molecular weight excluding hydrogens is 685 g/mol. The van der Waals surface area contributed by atoms with Crippen molar-refractivity contribution in [3.05, 3.63) is 134 Å². The molecule has 0 aliphatic carbocycles. The molecule has 0 radical (unpaired) electrons. The van der Waals surface area contributed by atoms with Crippen LogP contribution in [0, 0.1) is 0 Å². The third-order valence-electron chi connectivity index (χ3n) is 7.85. The minimum atomic E-state index is -0.857. The highest BCUT2D eigenvalue weighted by Gasteiger charge is 2.19. The Hall–Kier alpha value is -4.45. The lowest BCUT2D eigenvalue weighted by Crippen LogP contribution is -2.30. The van der Waals surface area contributed by atoms with Crippen molar-refractivity contribution in [3.63, 3.8) is 0 Å². The lowest BCUT2D eigenvalue weighted by molar-refractivity contribution is -0.166. The molecule has 0 amide bonds. The molecular formula is C49H72O6. The van der Waals surface area contributed by atoms with E-state index < -0.39 is 18.0 Å². The lowest BCUT2D eigenvalue weighted by Gasteiger charge is -2.18. The van der Waals surface area contributed by atoms with Gasteiger partial charge in [-0.2, -0.15) is 0 Å². The Morgan fingerprint density at radius 2 is 0.818 bits per heavy atom. The number of unbranched alkanes of at least 4 members (excludes halogenated alkanes) is 8. The molecule has 1 atom stereocenters. The Morgan fingerprint density at radius 1 is 0.400 bits per heavy atom. The zero-order chi connectivity index (χ0) is 40.1. The van der Waals surface area contributed by atoms with E-state index in [2.05, 4.69) is 87.6 Å². The van der Waals surface area contributed by atoms with Gasteiger partial charge in [0.2, 0.25) is 0 Å². The van der Waals surface area contributed by atoms with E-state index in [1.807, 2.05) is 60.8 Å². The van der Waals surface area contributed by atoms with Crippen molar-refractivity contribution in [2.24, 2.45) is 0 Å². The second-order valence-electron chi connectivity index (χ2n) is 13.0. The zero-order valence-corrected chi connectivity index (χ0v) is 34.4. The normalized spacial score (nSPS) is 13.4. The van der Waals surface area contributed by atoms with E-state index in [1.54, 1.807) is 6.08 Å². The van der Waals surface area contributed by atoms with Gasteiger partial charge in [-0.1, -0.05) is 187 Å². The number of hydrogen-bond donors (Lipinski definition) is 0. The summed E-state index contributed by atoms with van der Waals surface area (Å²) in [6.45, 7) is 6.02. The highest BCUT2D eigenvalue weighted by molar-refractivity contribution is 5.72. The first kappa shape index (κ1) is 50.5. The van der Waals surface area contributed by atoms with Crippen molar-refractivity contribution in [1.29, 1.82) is 0 Å². The molecule has 0 bridgehead atoms. The van der Waals surface area contributed by atoms with Gasteiger partial charge in [-0.3, -0.25) is 14.4 Å². The first-order chi connectivity index (χ1) is 27.0. The summed E-state index contributed by atoms with van der Waals surface area (Å²) in [4.78, 5) is 37.5. The summed E-state index contributed by atoms with van der Waals surface area (Å²) in [7, 11) is 0. The Morgan fingerprint density at radius 3 is 1.38 bits per heavy atom. The molecule has 0 saturated carbocycles. The fourth-order valence-electron chi connectivity index (χ4n) is 4.82. The molecule has 0 heterocycles. The van der Waals surface area contributed by atoms with E-state index >= 15 is 0 Å². The van der Waals surface area contributed by atoms with Gasteiger partial charge in [0, 0.05) is 12.8 Å². The first-order valence-electron chi connectivity index (χ1n) is 20.8. The number of esters is 3. The number of ether oxygens (including phenoxy) is 3. The number of allylic oxidation sites excluding steroid dienone is 21. The van der Waals surface area contributed by atoms with Crippen molar-refractivity contribution in [3.8, 4) is 0 Å². The predicted octanol–water partition coefficient (Wildman–Crippen LogP) is 13.2. The average molecular weight is 757 g/mol. The molecule has 0 aliphatic heterocycles. The van der Waals surface area contributed by atoms with Crippen molar-refractivity contribution in [1.82, 2.24) is 0 Å². The summed E-state index contributed by atoms with van der Waals surface area (Å²) in [5.74, 6) is -1.18. The van der Waals surface area contributed by atoms with E-state index in [9.17, 15) is 14.4 Å². The van der Waals surface area contributed by atoms with Crippen molar-refractivity contribution in [2.45, 2.75) is 142 Å². The second-order valence-corrected chi connectivity index (χ2v) is 13.0. The molecule has 0 fully saturated rings. The van der Waals surface area contributed by atoms with Crippen LogP contribution in [-0.4, -0.2) is 37.2 Å². The van der Waals surface area contributed by atoms with Crippen LogP contribution in [0.5, 0.6) is 0 Å². The third kappa shape index (κ3) is 40.6. The van der Waals surface area contributed by atoms with Crippen LogP contribution in [0.2, 0.25) is 0 Å². The molecule has 0 spiro atoms. The van der Waals surface area contributed by atoms with E-state index in [0.717, 1.165) is 64.2 Å². The molecule has 0 rings (SSSR count). The fourth-order valence-corrected chi connectivity index (χ4v) is 4.82. The zero-order valence-electron chi connectivity index (χ0n) is 34.4. The molecule has 55 heavy (non-hydrogen) atoms. The SMILES string of the molecule is CC\C=C/C=C\C=C/C=C\C=C/CCCC(=O)OC(COC(=O)C/C=C\C/C=C\C/C=C\CC)COC(=O)CCCCCCCCC\C=C/C=C\C=C/CC. The first-order valence-corrected chi connectivity index (χ1v) is 20.8. The quantitative estimate of drug-likeness (QED) is 0.0214. The van der Waals surface area contributed by atoms with Gasteiger partial charge in [0.1, 0.15) is 13.2 Å². The largest absolute Gasteiger partial charge is 0.462 e. The number of carbonyl (C=O) groups excluding carboxylic acids is 3. The number of rotatable bonds is 34. The van der Waals surface area contributed by atoms with Crippen molar-refractivity contribution in [2.75, 3.05) is 13.2 Å². The van der Waals surface area contributed by atoms with Gasteiger partial charge in [0.05, 0.1) is 6.42 Å². The minimum absolute atomic E-state index is 0.111. The van der Waals surface area contributed by atoms with Crippen LogP contribution in [0.25, 0.3) is 0 Å². The maximum atomic E-state index is 12.6. The molecule has 0 aliphatic rings. The third-order valence-corrected chi connectivity index (χ3v) is 7.85. The van der Waals surface area contributed by atoms with Crippen LogP contribution < -0.4 is 0 Å². The molecule has 0 N–H and O–H groups in total. The Bertz CT molecular complexity index is 1280. The topological polar surface area (TPSA) is 78.9 Å². The Balaban J connectivity index is 4.61. The Kier molecular flexibility index (Phi) is 38.9. The van der Waals surface area contributed by atoms with Crippen LogP contribution in [-0.2, 0) is 28.6 Å². The van der Waals surface area contributed by atoms with Crippen LogP contribution >= 0.6 is 0 Å². The van der Waals surface area contributed by atoms with Crippen molar-refractivity contribution >= 4 is 17.9 Å². The smallest absolute Gasteiger partial charge is 0.309 e. The van der Waals surface area contributed by atoms with Gasteiger partial charge in [0.15, 0.2) is 6.10 Å². The lowest BCUT2D eigenvalue weighted by atomic mass is 10.1. The van der Waals surface area contributed by atoms with E-state index in [-0.39, 0.29) is 32.0 Å². The summed E-state index contributed by atoms with van der Waals surface area (Å²) >= 11 is 0. The molecule has 0 aromatic heterocycles. The van der Waals surface area contributed by atoms with E-state index in [4.69, 9.17) is 14.2 Å². The molecule has 6 nitrogen and oxygen atoms in total. The summed E-state index contributed by atoms with van der Waals surface area (Å²) < 4.78 is 16.4. The summed E-state index contributed by atoms with van der Waals surface area (Å²) in [5, 5.41) is 0. The number of hydrogen-bond acceptors (Lipinski definition) is 6. The van der Waals surface area contributed by atoms with Gasteiger partial charge >= 0.3 is 17.9 Å². The van der Waals surface area contributed by atoms with Crippen LogP contribution in [0.3, 0.4) is 0 Å². The highest BCUT2D eigenvalue weighted by Crippen LogP contribution is 2.11. The van der Waals surface area contributed by atoms with E-state index in [0.29, 0.717) is 19.3 Å². The molecule has 0 aromatic rings. The second kappa shape index (κ2) is 42.3. The van der Waals surface area contributed by atoms with Gasteiger partial charge in [-0.15, -0.1) is 0 Å². The van der Waals surface area contributed by atoms with Gasteiger partial charge in [-0.05, 0) is 64.2 Å². The van der Waals surface area contributed by atoms with Crippen LogP contribution in [0.1, 0.15) is 136 Å². The van der Waals surface area contributed by atoms with Gasteiger partial charge < -0.3 is 14.2 Å². The maximum absolute atomic E-state index is 12.6. The van der Waals surface area contributed by atoms with Crippen LogP contribution in [0.15, 0.2) is 134 Å². The summed E-state index contributed by atoms with van der Waals surface area (Å²) in [6, 6.07) is 0. The molecule has 0 saturated heterocycles. The molecule has 304 valence electrons.